The van der Waals surface area contributed by atoms with Gasteiger partial charge in [0.05, 0.1) is 48.9 Å². The predicted molar refractivity (Wildman–Crippen MR) is 189 cm³/mol. The van der Waals surface area contributed by atoms with Gasteiger partial charge in [0.2, 0.25) is 0 Å². The van der Waals surface area contributed by atoms with E-state index in [1.807, 2.05) is 0 Å². The second kappa shape index (κ2) is 25.5. The van der Waals surface area contributed by atoms with Crippen molar-refractivity contribution in [1.82, 2.24) is 9.80 Å². The maximum Gasteiger partial charge on any atom is 0.338 e. The van der Waals surface area contributed by atoms with E-state index in [9.17, 15) is 9.59 Å². The lowest BCUT2D eigenvalue weighted by molar-refractivity contribution is 0.0286. The van der Waals surface area contributed by atoms with Crippen molar-refractivity contribution in [2.75, 3.05) is 90.4 Å². The number of nitrogens with two attached hydrogens (primary N) is 2. The minimum atomic E-state index is -0.404. The molecular weight excluding hydrogens is 600 g/mol. The van der Waals surface area contributed by atoms with Gasteiger partial charge in [0.25, 0.3) is 0 Å². The van der Waals surface area contributed by atoms with Gasteiger partial charge >= 0.3 is 11.9 Å². The molecule has 0 bridgehead atoms. The zero-order chi connectivity index (χ0) is 34.9. The Labute approximate surface area is 282 Å². The molecule has 0 aliphatic carbocycles. The Morgan fingerprint density at radius 3 is 1.64 bits per heavy atom. The van der Waals surface area contributed by atoms with Crippen LogP contribution in [0.3, 0.4) is 0 Å². The number of likely N-dealkylation sites (N-methyl/N-ethyl adjacent to an activating group) is 2. The molecule has 0 aliphatic heterocycles. The van der Waals surface area contributed by atoms with Crippen LogP contribution in [0.1, 0.15) is 87.9 Å². The molecule has 0 saturated carbocycles. The number of esters is 2. The molecular formula is C36H60N4O7. The van der Waals surface area contributed by atoms with Gasteiger partial charge in [0.15, 0.2) is 0 Å². The van der Waals surface area contributed by atoms with Gasteiger partial charge in [-0.25, -0.2) is 9.59 Å². The van der Waals surface area contributed by atoms with E-state index in [4.69, 9.17) is 35.2 Å². The van der Waals surface area contributed by atoms with Gasteiger partial charge in [-0.15, -0.1) is 0 Å². The maximum atomic E-state index is 12.1. The fraction of sp³-hybridized carbons (Fsp3) is 0.611. The normalized spacial score (nSPS) is 10.8. The fourth-order valence-corrected chi connectivity index (χ4v) is 4.25. The molecule has 0 amide bonds. The average molecular weight is 661 g/mol. The topological polar surface area (TPSA) is 139 Å². The van der Waals surface area contributed by atoms with Crippen molar-refractivity contribution < 1.29 is 33.3 Å². The second-order valence-electron chi connectivity index (χ2n) is 10.8. The van der Waals surface area contributed by atoms with E-state index in [-0.39, 0.29) is 12.6 Å². The Morgan fingerprint density at radius 1 is 0.574 bits per heavy atom. The zero-order valence-corrected chi connectivity index (χ0v) is 29.7. The fourth-order valence-electron chi connectivity index (χ4n) is 4.25. The first-order chi connectivity index (χ1) is 22.7. The number of carbonyl (C=O) groups excluding carboxylic acids is 2. The third-order valence-electron chi connectivity index (χ3n) is 7.45. The summed E-state index contributed by atoms with van der Waals surface area (Å²) in [6, 6.07) is 9.98. The van der Waals surface area contributed by atoms with Gasteiger partial charge in [-0.2, -0.15) is 0 Å². The minimum Gasteiger partial charge on any atom is -0.491 e. The van der Waals surface area contributed by atoms with Crippen molar-refractivity contribution >= 4 is 23.3 Å². The van der Waals surface area contributed by atoms with Crippen molar-refractivity contribution in [2.24, 2.45) is 0 Å². The Kier molecular flexibility index (Phi) is 22.5. The second-order valence-corrected chi connectivity index (χ2v) is 10.8. The van der Waals surface area contributed by atoms with Crippen LogP contribution in [-0.4, -0.2) is 101 Å². The van der Waals surface area contributed by atoms with Crippen LogP contribution in [0.25, 0.3) is 0 Å². The number of unbranched alkanes of at least 4 members (excludes halogenated alkanes) is 2. The van der Waals surface area contributed by atoms with Crippen LogP contribution in [0.15, 0.2) is 36.4 Å². The molecule has 4 N–H and O–H groups in total. The summed E-state index contributed by atoms with van der Waals surface area (Å²) in [5, 5.41) is 0. The predicted octanol–water partition coefficient (Wildman–Crippen LogP) is 5.91. The van der Waals surface area contributed by atoms with Crippen molar-refractivity contribution in [3.63, 3.8) is 0 Å². The summed E-state index contributed by atoms with van der Waals surface area (Å²) >= 11 is 0. The van der Waals surface area contributed by atoms with Crippen molar-refractivity contribution in [3.8, 4) is 11.5 Å². The molecule has 0 heterocycles. The van der Waals surface area contributed by atoms with E-state index in [0.29, 0.717) is 67.0 Å². The molecule has 11 heteroatoms. The Bertz CT molecular complexity index is 1140. The van der Waals surface area contributed by atoms with E-state index >= 15 is 0 Å². The first-order valence-electron chi connectivity index (χ1n) is 17.2. The third-order valence-corrected chi connectivity index (χ3v) is 7.45. The number of rotatable bonds is 23. The van der Waals surface area contributed by atoms with Gasteiger partial charge in [-0.1, -0.05) is 54.4 Å². The smallest absolute Gasteiger partial charge is 0.338 e. The van der Waals surface area contributed by atoms with Crippen LogP contribution in [0.5, 0.6) is 11.5 Å². The standard InChI is InChI=1S/C19H32N2O4.C17H28N2O3/c1-4-7-11-24-18-9-8-16(15-17(18)20)19(22)25-14-13-23-12-10-21(5-2)6-3;1-4-7-11-21-16-13-14(8-9-15(16)18)17(20)22-12-10-19(5-2)6-3/h8-9,15H,4-7,10-14,20H2,1-3H3;8-9,13H,4-7,10-12,18H2,1-3H3. The molecule has 0 aliphatic rings. The summed E-state index contributed by atoms with van der Waals surface area (Å²) in [7, 11) is 0. The summed E-state index contributed by atoms with van der Waals surface area (Å²) < 4.78 is 27.2. The Hall–Kier alpha value is -3.54. The lowest BCUT2D eigenvalue weighted by atomic mass is 10.2. The molecule has 0 spiro atoms. The van der Waals surface area contributed by atoms with Gasteiger partial charge in [0, 0.05) is 13.1 Å². The monoisotopic (exact) mass is 660 g/mol. The molecule has 0 atom stereocenters. The average Bonchev–Trinajstić information content (AvgIpc) is 3.08. The molecule has 0 unspecified atom stereocenters. The van der Waals surface area contributed by atoms with Crippen LogP contribution >= 0.6 is 0 Å². The van der Waals surface area contributed by atoms with E-state index < -0.39 is 5.97 Å². The van der Waals surface area contributed by atoms with Gasteiger partial charge in [-0.3, -0.25) is 0 Å². The number of benzene rings is 2. The zero-order valence-electron chi connectivity index (χ0n) is 29.7. The SMILES string of the molecule is CCCCOc1cc(C(=O)OCCN(CC)CC)ccc1N.CCCCOc1ccc(C(=O)OCCOCCN(CC)CC)cc1N. The van der Waals surface area contributed by atoms with E-state index in [1.165, 1.54) is 0 Å². The molecule has 266 valence electrons. The molecule has 0 fully saturated rings. The highest BCUT2D eigenvalue weighted by molar-refractivity contribution is 5.91. The quantitative estimate of drug-likeness (QED) is 0.0836. The molecule has 2 aromatic rings. The van der Waals surface area contributed by atoms with Gasteiger partial charge in [0.1, 0.15) is 24.7 Å². The van der Waals surface area contributed by atoms with E-state index in [2.05, 4.69) is 51.3 Å². The molecule has 0 radical (unpaired) electrons. The summed E-state index contributed by atoms with van der Waals surface area (Å²) in [5.41, 5.74) is 13.7. The van der Waals surface area contributed by atoms with Crippen LogP contribution in [0, 0.1) is 0 Å². The Morgan fingerprint density at radius 2 is 1.09 bits per heavy atom. The first-order valence-corrected chi connectivity index (χ1v) is 17.2. The Balaban J connectivity index is 0.000000474. The number of anilines is 2. The highest BCUT2D eigenvalue weighted by Gasteiger charge is 2.12. The summed E-state index contributed by atoms with van der Waals surface area (Å²) in [5.74, 6) is 0.406. The molecule has 0 saturated heterocycles. The molecule has 2 rings (SSSR count). The number of ether oxygens (including phenoxy) is 5. The van der Waals surface area contributed by atoms with E-state index in [1.54, 1.807) is 36.4 Å². The van der Waals surface area contributed by atoms with Gasteiger partial charge in [-0.05, 0) is 75.4 Å². The number of nitrogens with zero attached hydrogens (tertiary/aromatic N) is 2. The van der Waals surface area contributed by atoms with Crippen molar-refractivity contribution in [2.45, 2.75) is 67.2 Å². The van der Waals surface area contributed by atoms with E-state index in [0.717, 1.165) is 65.0 Å². The van der Waals surface area contributed by atoms with Crippen molar-refractivity contribution in [1.29, 1.82) is 0 Å². The molecule has 2 aromatic carbocycles. The highest BCUT2D eigenvalue weighted by atomic mass is 16.6. The lowest BCUT2D eigenvalue weighted by Crippen LogP contribution is -2.27. The molecule has 47 heavy (non-hydrogen) atoms. The first kappa shape index (κ1) is 41.5. The number of hydrogen-bond donors (Lipinski definition) is 2. The summed E-state index contributed by atoms with van der Waals surface area (Å²) in [6.07, 6.45) is 4.03. The number of carbonyl (C=O) groups is 2. The van der Waals surface area contributed by atoms with Crippen molar-refractivity contribution in [3.05, 3.63) is 47.5 Å². The van der Waals surface area contributed by atoms with Crippen LogP contribution < -0.4 is 20.9 Å². The number of nitrogen functional groups attached to an aromatic ring is 2. The largest absolute Gasteiger partial charge is 0.491 e. The van der Waals surface area contributed by atoms with Crippen LogP contribution in [-0.2, 0) is 14.2 Å². The maximum absolute atomic E-state index is 12.1. The molecule has 0 aromatic heterocycles. The lowest BCUT2D eigenvalue weighted by Gasteiger charge is -2.17. The highest BCUT2D eigenvalue weighted by Crippen LogP contribution is 2.24. The minimum absolute atomic E-state index is 0.228. The summed E-state index contributed by atoms with van der Waals surface area (Å²) in [6.45, 7) is 21.0. The number of hydrogen-bond acceptors (Lipinski definition) is 11. The summed E-state index contributed by atoms with van der Waals surface area (Å²) in [4.78, 5) is 28.6. The van der Waals surface area contributed by atoms with Gasteiger partial charge < -0.3 is 45.0 Å². The molecule has 11 nitrogen and oxygen atoms in total. The van der Waals surface area contributed by atoms with Crippen LogP contribution in [0.4, 0.5) is 11.4 Å². The van der Waals surface area contributed by atoms with Crippen LogP contribution in [0.2, 0.25) is 0 Å². The third kappa shape index (κ3) is 17.3.